The van der Waals surface area contributed by atoms with Gasteiger partial charge in [-0.05, 0) is 25.3 Å². The molecule has 4 rings (SSSR count). The van der Waals surface area contributed by atoms with Crippen LogP contribution in [-0.4, -0.2) is 62.7 Å². The normalized spacial score (nSPS) is 21.6. The SMILES string of the molecule is C[C@H]1[C@@H](c2ccccc2)OC(=O)N1C1CCN(C(=O)CSc2nc(C(C)(C)C)cc(=O)[nH]2)CC1. The van der Waals surface area contributed by atoms with Gasteiger partial charge < -0.3 is 14.6 Å². The summed E-state index contributed by atoms with van der Waals surface area (Å²) in [4.78, 5) is 48.4. The number of amides is 2. The lowest BCUT2D eigenvalue weighted by Gasteiger charge is -2.37. The molecule has 2 aliphatic rings. The molecule has 2 fully saturated rings. The van der Waals surface area contributed by atoms with Crippen molar-refractivity contribution >= 4 is 23.8 Å². The number of thioether (sulfide) groups is 1. The summed E-state index contributed by atoms with van der Waals surface area (Å²) in [6, 6.07) is 11.3. The van der Waals surface area contributed by atoms with Crippen LogP contribution in [0.3, 0.4) is 0 Å². The van der Waals surface area contributed by atoms with Gasteiger partial charge in [0.05, 0.1) is 17.5 Å². The molecular formula is C25H32N4O4S. The Kier molecular flexibility index (Phi) is 7.02. The molecule has 0 spiro atoms. The summed E-state index contributed by atoms with van der Waals surface area (Å²) in [6.45, 7) is 9.19. The topological polar surface area (TPSA) is 95.6 Å². The van der Waals surface area contributed by atoms with Gasteiger partial charge in [-0.2, -0.15) is 0 Å². The lowest BCUT2D eigenvalue weighted by Crippen LogP contribution is -2.49. The van der Waals surface area contributed by atoms with Crippen molar-refractivity contribution in [2.45, 2.75) is 69.3 Å². The molecule has 2 aromatic rings. The molecule has 0 aliphatic carbocycles. The molecule has 2 saturated heterocycles. The molecule has 0 radical (unpaired) electrons. The first-order valence-corrected chi connectivity index (χ1v) is 12.7. The molecule has 2 aliphatic heterocycles. The Hall–Kier alpha value is -2.81. The molecule has 0 saturated carbocycles. The molecule has 1 aromatic heterocycles. The molecule has 8 nitrogen and oxygen atoms in total. The fourth-order valence-electron chi connectivity index (χ4n) is 4.55. The number of nitrogens with one attached hydrogen (secondary N) is 1. The summed E-state index contributed by atoms with van der Waals surface area (Å²) in [7, 11) is 0. The van der Waals surface area contributed by atoms with Crippen molar-refractivity contribution in [3.05, 3.63) is 58.0 Å². The van der Waals surface area contributed by atoms with Crippen LogP contribution in [0.2, 0.25) is 0 Å². The molecule has 0 unspecified atom stereocenters. The largest absolute Gasteiger partial charge is 0.439 e. The first kappa shape index (κ1) is 24.3. The highest BCUT2D eigenvalue weighted by atomic mass is 32.2. The van der Waals surface area contributed by atoms with Crippen LogP contribution in [0.1, 0.15) is 57.9 Å². The zero-order valence-electron chi connectivity index (χ0n) is 20.1. The number of H-pyrrole nitrogens is 1. The number of ether oxygens (including phenoxy) is 1. The Bertz CT molecular complexity index is 1090. The first-order valence-electron chi connectivity index (χ1n) is 11.7. The van der Waals surface area contributed by atoms with Crippen LogP contribution < -0.4 is 5.56 Å². The quantitative estimate of drug-likeness (QED) is 0.513. The predicted molar refractivity (Wildman–Crippen MR) is 131 cm³/mol. The molecule has 1 N–H and O–H groups in total. The smallest absolute Gasteiger partial charge is 0.411 e. The zero-order chi connectivity index (χ0) is 24.5. The fraction of sp³-hybridized carbons (Fsp3) is 0.520. The number of nitrogens with zero attached hydrogens (tertiary/aromatic N) is 3. The maximum absolute atomic E-state index is 12.8. The monoisotopic (exact) mass is 484 g/mol. The molecule has 34 heavy (non-hydrogen) atoms. The number of aromatic amines is 1. The van der Waals surface area contributed by atoms with E-state index in [1.807, 2.05) is 67.8 Å². The second kappa shape index (κ2) is 9.82. The molecule has 9 heteroatoms. The van der Waals surface area contributed by atoms with Gasteiger partial charge in [0.2, 0.25) is 5.91 Å². The van der Waals surface area contributed by atoms with Gasteiger partial charge in [-0.25, -0.2) is 9.78 Å². The molecule has 0 bridgehead atoms. The molecular weight excluding hydrogens is 452 g/mol. The van der Waals surface area contributed by atoms with E-state index in [-0.39, 0.29) is 46.9 Å². The summed E-state index contributed by atoms with van der Waals surface area (Å²) in [5, 5.41) is 0.459. The minimum absolute atomic E-state index is 0.00599. The van der Waals surface area contributed by atoms with Crippen LogP contribution in [0.25, 0.3) is 0 Å². The third-order valence-electron chi connectivity index (χ3n) is 6.47. The number of piperidine rings is 1. The van der Waals surface area contributed by atoms with Crippen LogP contribution in [0, 0.1) is 0 Å². The van der Waals surface area contributed by atoms with Crippen molar-refractivity contribution in [3.63, 3.8) is 0 Å². The first-order chi connectivity index (χ1) is 16.1. The Balaban J connectivity index is 1.32. The van der Waals surface area contributed by atoms with Gasteiger partial charge in [0.1, 0.15) is 6.10 Å². The second-order valence-electron chi connectivity index (χ2n) is 9.95. The average molecular weight is 485 g/mol. The molecule has 2 amide bonds. The van der Waals surface area contributed by atoms with Gasteiger partial charge in [0, 0.05) is 30.6 Å². The van der Waals surface area contributed by atoms with E-state index >= 15 is 0 Å². The van der Waals surface area contributed by atoms with E-state index in [0.29, 0.717) is 36.8 Å². The van der Waals surface area contributed by atoms with Gasteiger partial charge in [-0.15, -0.1) is 0 Å². The molecule has 1 aromatic carbocycles. The third kappa shape index (κ3) is 5.29. The summed E-state index contributed by atoms with van der Waals surface area (Å²) >= 11 is 1.25. The second-order valence-corrected chi connectivity index (χ2v) is 10.9. The Labute approximate surface area is 204 Å². The predicted octanol–water partition coefficient (Wildman–Crippen LogP) is 3.73. The summed E-state index contributed by atoms with van der Waals surface area (Å²) in [6.07, 6.45) is 0.872. The van der Waals surface area contributed by atoms with E-state index < -0.39 is 0 Å². The molecule has 182 valence electrons. The lowest BCUT2D eigenvalue weighted by atomic mass is 9.92. The van der Waals surface area contributed by atoms with Crippen molar-refractivity contribution in [3.8, 4) is 0 Å². The number of carbonyl (C=O) groups excluding carboxylic acids is 2. The van der Waals surface area contributed by atoms with Crippen molar-refractivity contribution < 1.29 is 14.3 Å². The number of aromatic nitrogens is 2. The number of cyclic esters (lactones) is 1. The highest BCUT2D eigenvalue weighted by Gasteiger charge is 2.44. The van der Waals surface area contributed by atoms with E-state index in [0.717, 1.165) is 5.56 Å². The highest BCUT2D eigenvalue weighted by Crippen LogP contribution is 2.35. The lowest BCUT2D eigenvalue weighted by molar-refractivity contribution is -0.129. The van der Waals surface area contributed by atoms with Crippen LogP contribution in [0.15, 0.2) is 46.3 Å². The number of likely N-dealkylation sites (tertiary alicyclic amines) is 1. The van der Waals surface area contributed by atoms with Crippen molar-refractivity contribution in [1.82, 2.24) is 19.8 Å². The summed E-state index contributed by atoms with van der Waals surface area (Å²) < 4.78 is 5.70. The zero-order valence-corrected chi connectivity index (χ0v) is 20.9. The van der Waals surface area contributed by atoms with E-state index in [1.165, 1.54) is 17.8 Å². The maximum Gasteiger partial charge on any atom is 0.411 e. The molecule has 2 atom stereocenters. The van der Waals surface area contributed by atoms with Gasteiger partial charge in [-0.3, -0.25) is 14.5 Å². The van der Waals surface area contributed by atoms with Crippen LogP contribution in [0.5, 0.6) is 0 Å². The average Bonchev–Trinajstić information content (AvgIpc) is 3.11. The van der Waals surface area contributed by atoms with Gasteiger partial charge in [-0.1, -0.05) is 62.9 Å². The fourth-order valence-corrected chi connectivity index (χ4v) is 5.33. The van der Waals surface area contributed by atoms with E-state index in [2.05, 4.69) is 9.97 Å². The van der Waals surface area contributed by atoms with Crippen molar-refractivity contribution in [2.75, 3.05) is 18.8 Å². The molecule has 3 heterocycles. The van der Waals surface area contributed by atoms with E-state index in [9.17, 15) is 14.4 Å². The van der Waals surface area contributed by atoms with E-state index in [1.54, 1.807) is 0 Å². The van der Waals surface area contributed by atoms with Gasteiger partial charge in [0.15, 0.2) is 5.16 Å². The summed E-state index contributed by atoms with van der Waals surface area (Å²) in [5.41, 5.74) is 1.24. The van der Waals surface area contributed by atoms with E-state index in [4.69, 9.17) is 4.74 Å². The van der Waals surface area contributed by atoms with Gasteiger partial charge >= 0.3 is 6.09 Å². The van der Waals surface area contributed by atoms with Crippen molar-refractivity contribution in [1.29, 1.82) is 0 Å². The number of hydrogen-bond acceptors (Lipinski definition) is 6. The van der Waals surface area contributed by atoms with Gasteiger partial charge in [0.25, 0.3) is 5.56 Å². The van der Waals surface area contributed by atoms with Crippen molar-refractivity contribution in [2.24, 2.45) is 0 Å². The third-order valence-corrected chi connectivity index (χ3v) is 7.33. The standard InChI is InChI=1S/C25H32N4O4S/c1-16-22(17-8-6-5-7-9-17)33-24(32)29(16)18-10-12-28(13-11-18)21(31)15-34-23-26-19(25(2,3)4)14-20(30)27-23/h5-9,14,16,18,22H,10-13,15H2,1-4H3,(H,26,27,30)/t16-,22-/m0/s1. The number of hydrogen-bond donors (Lipinski definition) is 1. The number of carbonyl (C=O) groups is 2. The summed E-state index contributed by atoms with van der Waals surface area (Å²) in [5.74, 6) is 0.214. The Morgan fingerprint density at radius 3 is 2.50 bits per heavy atom. The maximum atomic E-state index is 12.8. The Morgan fingerprint density at radius 1 is 1.18 bits per heavy atom. The Morgan fingerprint density at radius 2 is 1.85 bits per heavy atom. The minimum atomic E-state index is -0.282. The number of benzene rings is 1. The van der Waals surface area contributed by atoms with Crippen LogP contribution in [0.4, 0.5) is 4.79 Å². The van der Waals surface area contributed by atoms with Crippen LogP contribution in [-0.2, 0) is 14.9 Å². The number of rotatable bonds is 5. The van der Waals surface area contributed by atoms with Crippen LogP contribution >= 0.6 is 11.8 Å². The highest BCUT2D eigenvalue weighted by molar-refractivity contribution is 7.99. The minimum Gasteiger partial charge on any atom is -0.439 e.